The summed E-state index contributed by atoms with van der Waals surface area (Å²) in [4.78, 5) is 55.3. The number of rotatable bonds is 11. The van der Waals surface area contributed by atoms with Crippen LogP contribution in [0.3, 0.4) is 0 Å². The highest BCUT2D eigenvalue weighted by molar-refractivity contribution is 5.95. The molecule has 7 N–H and O–H groups in total. The molecule has 5 rings (SSSR count). The monoisotopic (exact) mass is 720 g/mol. The Morgan fingerprint density at radius 1 is 1.08 bits per heavy atom. The highest BCUT2D eigenvalue weighted by atomic mass is 16.6. The van der Waals surface area contributed by atoms with Gasteiger partial charge in [0, 0.05) is 64.7 Å². The number of likely N-dealkylation sites (tertiary alicyclic amines) is 1. The molecule has 0 saturated carbocycles. The van der Waals surface area contributed by atoms with E-state index in [1.54, 1.807) is 18.7 Å². The molecule has 4 fully saturated rings. The molecule has 51 heavy (non-hydrogen) atoms. The molecule has 0 aliphatic carbocycles. The van der Waals surface area contributed by atoms with Crippen LogP contribution in [0.25, 0.3) is 0 Å². The van der Waals surface area contributed by atoms with Crippen LogP contribution < -0.4 is 10.6 Å². The summed E-state index contributed by atoms with van der Waals surface area (Å²) >= 11 is 0. The van der Waals surface area contributed by atoms with Crippen LogP contribution in [-0.4, -0.2) is 159 Å². The molecule has 284 valence electrons. The maximum absolute atomic E-state index is 13.5. The number of carboxylic acids is 1. The summed E-state index contributed by atoms with van der Waals surface area (Å²) in [5.74, 6) is -2.58. The first-order valence-corrected chi connectivity index (χ1v) is 17.6. The summed E-state index contributed by atoms with van der Waals surface area (Å²) in [5, 5.41) is 59.3. The van der Waals surface area contributed by atoms with Crippen molar-refractivity contribution in [3.63, 3.8) is 0 Å². The third kappa shape index (κ3) is 8.01. The van der Waals surface area contributed by atoms with Crippen molar-refractivity contribution in [2.75, 3.05) is 52.5 Å². The standard InChI is InChI=1S/C35H52N4O12/c1-20-14-23(15-21(2)27(20)43)30(45)36-17-25(42)28(44)29-26(37-22(3)40)24(41)16-35(51-29,32(47)48)8-10-39-11-13-49-19-34(39)7-9-38(18-34)31(46)33(4)6-5-12-50-33/h14-15,24-26,28-29,41-44H,5-13,16-19H2,1-4H3,(H,36,45)(H,37,40)(H,47,48)/t24-,25+,26+,28+,29+,33?,34-,35+/m0/s1. The first kappa shape index (κ1) is 38.8. The molecular weight excluding hydrogens is 668 g/mol. The van der Waals surface area contributed by atoms with Crippen LogP contribution in [0.2, 0.25) is 0 Å². The van der Waals surface area contributed by atoms with E-state index in [1.807, 2.05) is 6.92 Å². The van der Waals surface area contributed by atoms with E-state index in [0.29, 0.717) is 63.4 Å². The molecule has 0 radical (unpaired) electrons. The highest BCUT2D eigenvalue weighted by Crippen LogP contribution is 2.39. The van der Waals surface area contributed by atoms with Gasteiger partial charge < -0.3 is 55.3 Å². The van der Waals surface area contributed by atoms with Crippen LogP contribution in [0.5, 0.6) is 5.75 Å². The van der Waals surface area contributed by atoms with Crippen molar-refractivity contribution in [1.82, 2.24) is 20.4 Å². The first-order chi connectivity index (χ1) is 24.0. The number of carbonyl (C=O) groups excluding carboxylic acids is 3. The molecule has 8 atom stereocenters. The van der Waals surface area contributed by atoms with E-state index in [2.05, 4.69) is 15.5 Å². The molecule has 4 saturated heterocycles. The SMILES string of the molecule is CC(=O)N[C@H]1[C@H]([C@H](O)[C@H](O)CNC(=O)c2cc(C)c(O)c(C)c2)O[C@@](CCN2CCOC[C@@]23CCN(C(=O)C2(C)CCCO2)C3)(C(=O)O)C[C@@H]1O. The molecule has 0 aromatic heterocycles. The van der Waals surface area contributed by atoms with Crippen molar-refractivity contribution in [3.05, 3.63) is 28.8 Å². The lowest BCUT2D eigenvalue weighted by Gasteiger charge is -2.49. The molecule has 16 nitrogen and oxygen atoms in total. The maximum Gasteiger partial charge on any atom is 0.336 e. The number of ether oxygens (including phenoxy) is 3. The number of aromatic hydroxyl groups is 1. The fraction of sp³-hybridized carbons (Fsp3) is 0.714. The van der Waals surface area contributed by atoms with Crippen molar-refractivity contribution in [1.29, 1.82) is 0 Å². The van der Waals surface area contributed by atoms with Crippen molar-refractivity contribution in [2.24, 2.45) is 0 Å². The number of nitrogens with zero attached hydrogens (tertiary/aromatic N) is 2. The maximum atomic E-state index is 13.5. The van der Waals surface area contributed by atoms with Gasteiger partial charge in [-0.1, -0.05) is 0 Å². The van der Waals surface area contributed by atoms with Gasteiger partial charge in [0.15, 0.2) is 5.60 Å². The molecule has 3 amide bonds. The van der Waals surface area contributed by atoms with E-state index < -0.39 is 77.9 Å². The molecule has 4 heterocycles. The van der Waals surface area contributed by atoms with Crippen molar-refractivity contribution >= 4 is 23.7 Å². The number of hydrogen-bond donors (Lipinski definition) is 7. The zero-order valence-corrected chi connectivity index (χ0v) is 29.7. The Kier molecular flexibility index (Phi) is 11.7. The van der Waals surface area contributed by atoms with E-state index in [9.17, 15) is 44.7 Å². The van der Waals surface area contributed by atoms with Gasteiger partial charge in [-0.25, -0.2) is 4.79 Å². The Morgan fingerprint density at radius 2 is 1.78 bits per heavy atom. The number of aryl methyl sites for hydroxylation is 2. The third-order valence-corrected chi connectivity index (χ3v) is 11.0. The Bertz CT molecular complexity index is 1460. The lowest BCUT2D eigenvalue weighted by molar-refractivity contribution is -0.231. The van der Waals surface area contributed by atoms with E-state index >= 15 is 0 Å². The normalized spacial score (nSPS) is 32.5. The second-order valence-corrected chi connectivity index (χ2v) is 14.8. The second kappa shape index (κ2) is 15.3. The molecule has 1 spiro atoms. The Morgan fingerprint density at radius 3 is 2.41 bits per heavy atom. The number of carbonyl (C=O) groups is 4. The third-order valence-electron chi connectivity index (χ3n) is 11.0. The minimum absolute atomic E-state index is 0.0499. The van der Waals surface area contributed by atoms with Gasteiger partial charge in [-0.2, -0.15) is 0 Å². The molecule has 4 aliphatic rings. The van der Waals surface area contributed by atoms with Crippen LogP contribution in [0.1, 0.15) is 67.4 Å². The number of phenolic OH excluding ortho intramolecular Hbond substituents is 1. The zero-order chi connectivity index (χ0) is 37.3. The van der Waals surface area contributed by atoms with Crippen LogP contribution in [0.4, 0.5) is 0 Å². The fourth-order valence-electron chi connectivity index (χ4n) is 8.01. The number of nitrogens with one attached hydrogen (secondary N) is 2. The highest BCUT2D eigenvalue weighted by Gasteiger charge is 2.56. The van der Waals surface area contributed by atoms with Gasteiger partial charge in [-0.15, -0.1) is 0 Å². The second-order valence-electron chi connectivity index (χ2n) is 14.8. The van der Waals surface area contributed by atoms with Gasteiger partial charge in [0.25, 0.3) is 11.8 Å². The largest absolute Gasteiger partial charge is 0.507 e. The van der Waals surface area contributed by atoms with E-state index in [1.165, 1.54) is 19.1 Å². The minimum Gasteiger partial charge on any atom is -0.507 e. The number of morpholine rings is 1. The molecule has 1 aromatic carbocycles. The van der Waals surface area contributed by atoms with Crippen molar-refractivity contribution in [3.8, 4) is 5.75 Å². The van der Waals surface area contributed by atoms with Gasteiger partial charge in [0.05, 0.1) is 37.0 Å². The van der Waals surface area contributed by atoms with E-state index in [-0.39, 0.29) is 30.2 Å². The fourth-order valence-corrected chi connectivity index (χ4v) is 8.01. The molecule has 16 heteroatoms. The first-order valence-electron chi connectivity index (χ1n) is 17.6. The van der Waals surface area contributed by atoms with Gasteiger partial charge in [-0.05, 0) is 63.3 Å². The van der Waals surface area contributed by atoms with Crippen LogP contribution in [0.15, 0.2) is 12.1 Å². The van der Waals surface area contributed by atoms with E-state index in [4.69, 9.17) is 14.2 Å². The number of aliphatic hydroxyl groups is 3. The van der Waals surface area contributed by atoms with Crippen molar-refractivity contribution in [2.45, 2.75) is 107 Å². The van der Waals surface area contributed by atoms with Crippen LogP contribution >= 0.6 is 0 Å². The average molecular weight is 721 g/mol. The summed E-state index contributed by atoms with van der Waals surface area (Å²) in [7, 11) is 0. The van der Waals surface area contributed by atoms with Crippen LogP contribution in [-0.2, 0) is 28.6 Å². The number of benzene rings is 1. The molecular formula is C35H52N4O12. The number of carboxylic acid groups (broad SMARTS) is 1. The lowest BCUT2D eigenvalue weighted by Crippen LogP contribution is -2.68. The number of amides is 3. The summed E-state index contributed by atoms with van der Waals surface area (Å²) in [6.45, 7) is 8.59. The average Bonchev–Trinajstić information content (AvgIpc) is 3.73. The number of aliphatic carboxylic acids is 1. The Hall–Kier alpha value is -3.38. The van der Waals surface area contributed by atoms with Gasteiger partial charge in [-0.3, -0.25) is 19.3 Å². The molecule has 0 bridgehead atoms. The van der Waals surface area contributed by atoms with Gasteiger partial charge in [0.2, 0.25) is 5.91 Å². The zero-order valence-electron chi connectivity index (χ0n) is 29.7. The predicted molar refractivity (Wildman–Crippen MR) is 180 cm³/mol. The number of aliphatic hydroxyl groups excluding tert-OH is 3. The smallest absolute Gasteiger partial charge is 0.336 e. The minimum atomic E-state index is -2.02. The molecule has 4 aliphatic heterocycles. The number of hydrogen-bond acceptors (Lipinski definition) is 12. The summed E-state index contributed by atoms with van der Waals surface area (Å²) in [6.07, 6.45) is -5.09. The Balaban J connectivity index is 1.30. The molecule has 1 unspecified atom stereocenters. The van der Waals surface area contributed by atoms with Crippen molar-refractivity contribution < 1.29 is 58.9 Å². The summed E-state index contributed by atoms with van der Waals surface area (Å²) < 4.78 is 17.8. The summed E-state index contributed by atoms with van der Waals surface area (Å²) in [6, 6.07) is 1.67. The van der Waals surface area contributed by atoms with E-state index in [0.717, 1.165) is 6.42 Å². The number of phenols is 1. The quantitative estimate of drug-likeness (QED) is 0.149. The molecule has 1 aromatic rings. The lowest BCUT2D eigenvalue weighted by atomic mass is 9.81. The summed E-state index contributed by atoms with van der Waals surface area (Å²) in [5.41, 5.74) is -2.31. The van der Waals surface area contributed by atoms with Gasteiger partial charge in [0.1, 0.15) is 23.6 Å². The Labute approximate surface area is 297 Å². The predicted octanol–water partition coefficient (Wildman–Crippen LogP) is -0.799. The topological polar surface area (TPSA) is 228 Å². The van der Waals surface area contributed by atoms with Gasteiger partial charge >= 0.3 is 5.97 Å². The van der Waals surface area contributed by atoms with Crippen LogP contribution in [0, 0.1) is 13.8 Å².